The number of aromatic nitrogens is 4. The summed E-state index contributed by atoms with van der Waals surface area (Å²) < 4.78 is 1.78. The zero-order valence-corrected chi connectivity index (χ0v) is 15.0. The lowest BCUT2D eigenvalue weighted by Crippen LogP contribution is -2.38. The molecule has 1 fully saturated rings. The molecule has 2 aromatic rings. The van der Waals surface area contributed by atoms with E-state index in [1.54, 1.807) is 4.68 Å². The Hall–Kier alpha value is -2.24. The van der Waals surface area contributed by atoms with Crippen LogP contribution in [-0.2, 0) is 11.2 Å². The third kappa shape index (κ3) is 4.44. The summed E-state index contributed by atoms with van der Waals surface area (Å²) in [7, 11) is 0. The number of carbonyl (C=O) groups is 1. The first-order chi connectivity index (χ1) is 12.3. The van der Waals surface area contributed by atoms with Crippen LogP contribution in [0.4, 0.5) is 0 Å². The summed E-state index contributed by atoms with van der Waals surface area (Å²) in [5.74, 6) is 1.15. The molecular formula is C19H27N5O. The molecule has 0 bridgehead atoms. The number of nitrogens with zero attached hydrogens (tertiary/aromatic N) is 5. The van der Waals surface area contributed by atoms with Crippen molar-refractivity contribution in [2.45, 2.75) is 64.3 Å². The Morgan fingerprint density at radius 3 is 2.68 bits per heavy atom. The van der Waals surface area contributed by atoms with Crippen molar-refractivity contribution < 1.29 is 4.79 Å². The average Bonchev–Trinajstić information content (AvgIpc) is 3.32. The van der Waals surface area contributed by atoms with E-state index in [2.05, 4.69) is 27.3 Å². The summed E-state index contributed by atoms with van der Waals surface area (Å²) in [6.07, 6.45) is 8.07. The second-order valence-corrected chi connectivity index (χ2v) is 6.67. The van der Waals surface area contributed by atoms with Gasteiger partial charge >= 0.3 is 0 Å². The summed E-state index contributed by atoms with van der Waals surface area (Å²) in [6, 6.07) is 10.4. The highest BCUT2D eigenvalue weighted by molar-refractivity contribution is 5.76. The number of aryl methyl sites for hydroxylation is 1. The molecule has 3 rings (SSSR count). The molecule has 0 atom stereocenters. The lowest BCUT2D eigenvalue weighted by atomic mass is 10.1. The van der Waals surface area contributed by atoms with Crippen LogP contribution in [0.3, 0.4) is 0 Å². The fourth-order valence-electron chi connectivity index (χ4n) is 3.69. The molecule has 1 aromatic heterocycles. The largest absolute Gasteiger partial charge is 0.340 e. The highest BCUT2D eigenvalue weighted by Crippen LogP contribution is 2.24. The van der Waals surface area contributed by atoms with Crippen molar-refractivity contribution >= 4 is 5.91 Å². The van der Waals surface area contributed by atoms with Crippen molar-refractivity contribution in [2.75, 3.05) is 6.54 Å². The first-order valence-electron chi connectivity index (χ1n) is 9.41. The van der Waals surface area contributed by atoms with Crippen LogP contribution >= 0.6 is 0 Å². The monoisotopic (exact) mass is 341 g/mol. The lowest BCUT2D eigenvalue weighted by molar-refractivity contribution is -0.133. The Kier molecular flexibility index (Phi) is 6.14. The van der Waals surface area contributed by atoms with E-state index >= 15 is 0 Å². The van der Waals surface area contributed by atoms with Gasteiger partial charge in [-0.3, -0.25) is 4.79 Å². The molecule has 6 nitrogen and oxygen atoms in total. The van der Waals surface area contributed by atoms with Gasteiger partial charge in [0.2, 0.25) is 5.91 Å². The quantitative estimate of drug-likeness (QED) is 0.692. The van der Waals surface area contributed by atoms with Crippen molar-refractivity contribution in [3.05, 3.63) is 36.2 Å². The van der Waals surface area contributed by atoms with Gasteiger partial charge in [-0.1, -0.05) is 31.0 Å². The van der Waals surface area contributed by atoms with E-state index in [1.165, 1.54) is 25.7 Å². The van der Waals surface area contributed by atoms with Crippen LogP contribution < -0.4 is 0 Å². The topological polar surface area (TPSA) is 63.9 Å². The molecule has 1 aromatic carbocycles. The van der Waals surface area contributed by atoms with Gasteiger partial charge in [-0.2, -0.15) is 4.68 Å². The van der Waals surface area contributed by atoms with Gasteiger partial charge in [0.1, 0.15) is 0 Å². The summed E-state index contributed by atoms with van der Waals surface area (Å²) in [5, 5.41) is 12.0. The average molecular weight is 341 g/mol. The molecule has 1 aliphatic carbocycles. The van der Waals surface area contributed by atoms with Crippen molar-refractivity contribution in [2.24, 2.45) is 0 Å². The number of amides is 1. The Balaban J connectivity index is 1.47. The summed E-state index contributed by atoms with van der Waals surface area (Å²) in [4.78, 5) is 14.6. The third-order valence-corrected chi connectivity index (χ3v) is 5.00. The van der Waals surface area contributed by atoms with Crippen molar-refractivity contribution in [3.8, 4) is 5.69 Å². The van der Waals surface area contributed by atoms with Gasteiger partial charge in [-0.05, 0) is 55.2 Å². The van der Waals surface area contributed by atoms with Crippen LogP contribution in [0.5, 0.6) is 0 Å². The number of para-hydroxylation sites is 1. The molecule has 134 valence electrons. The van der Waals surface area contributed by atoms with Crippen LogP contribution in [0.1, 0.15) is 57.7 Å². The van der Waals surface area contributed by atoms with Gasteiger partial charge in [-0.25, -0.2) is 0 Å². The summed E-state index contributed by atoms with van der Waals surface area (Å²) in [5.41, 5.74) is 0.969. The van der Waals surface area contributed by atoms with E-state index in [9.17, 15) is 4.79 Å². The fraction of sp³-hybridized carbons (Fsp3) is 0.579. The Morgan fingerprint density at radius 1 is 1.20 bits per heavy atom. The first kappa shape index (κ1) is 17.6. The van der Waals surface area contributed by atoms with E-state index in [-0.39, 0.29) is 0 Å². The van der Waals surface area contributed by atoms with Gasteiger partial charge < -0.3 is 4.90 Å². The third-order valence-electron chi connectivity index (χ3n) is 5.00. The van der Waals surface area contributed by atoms with Crippen molar-refractivity contribution in [1.29, 1.82) is 0 Å². The van der Waals surface area contributed by atoms with Crippen LogP contribution in [0, 0.1) is 0 Å². The van der Waals surface area contributed by atoms with E-state index in [1.807, 2.05) is 30.3 Å². The SMILES string of the molecule is CCN(C(=O)CCCCc1nnnn1-c1ccccc1)C1CCCC1. The maximum atomic E-state index is 12.5. The predicted molar refractivity (Wildman–Crippen MR) is 96.4 cm³/mol. The first-order valence-corrected chi connectivity index (χ1v) is 9.41. The molecule has 0 radical (unpaired) electrons. The van der Waals surface area contributed by atoms with Crippen LogP contribution in [-0.4, -0.2) is 43.6 Å². The molecule has 6 heteroatoms. The number of tetrazole rings is 1. The Labute approximate surface area is 149 Å². The smallest absolute Gasteiger partial charge is 0.222 e. The standard InChI is InChI=1S/C19H27N5O/c1-2-23(16-10-6-7-11-16)19(25)15-9-8-14-18-20-21-22-24(18)17-12-4-3-5-13-17/h3-5,12-13,16H,2,6-11,14-15H2,1H3. The molecule has 1 saturated carbocycles. The molecule has 1 heterocycles. The normalized spacial score (nSPS) is 14.8. The number of rotatable bonds is 8. The number of unbranched alkanes of at least 4 members (excludes halogenated alkanes) is 1. The predicted octanol–water partition coefficient (Wildman–Crippen LogP) is 3.17. The van der Waals surface area contributed by atoms with Gasteiger partial charge in [0.05, 0.1) is 5.69 Å². The Bertz CT molecular complexity index is 663. The van der Waals surface area contributed by atoms with E-state index in [0.29, 0.717) is 18.4 Å². The lowest BCUT2D eigenvalue weighted by Gasteiger charge is -2.27. The summed E-state index contributed by atoms with van der Waals surface area (Å²) in [6.45, 7) is 2.92. The second-order valence-electron chi connectivity index (χ2n) is 6.67. The maximum Gasteiger partial charge on any atom is 0.222 e. The molecule has 1 aliphatic rings. The minimum atomic E-state index is 0.303. The highest BCUT2D eigenvalue weighted by atomic mass is 16.2. The van der Waals surface area contributed by atoms with Crippen LogP contribution in [0.15, 0.2) is 30.3 Å². The van der Waals surface area contributed by atoms with Crippen LogP contribution in [0.25, 0.3) is 5.69 Å². The number of benzene rings is 1. The molecule has 0 aliphatic heterocycles. The molecular weight excluding hydrogens is 314 g/mol. The van der Waals surface area contributed by atoms with Gasteiger partial charge in [0, 0.05) is 25.4 Å². The Morgan fingerprint density at radius 2 is 1.96 bits per heavy atom. The fourth-order valence-corrected chi connectivity index (χ4v) is 3.69. The van der Waals surface area contributed by atoms with E-state index < -0.39 is 0 Å². The van der Waals surface area contributed by atoms with E-state index in [0.717, 1.165) is 37.3 Å². The minimum Gasteiger partial charge on any atom is -0.340 e. The van der Waals surface area contributed by atoms with Crippen molar-refractivity contribution in [1.82, 2.24) is 25.1 Å². The zero-order valence-electron chi connectivity index (χ0n) is 15.0. The van der Waals surface area contributed by atoms with Gasteiger partial charge in [0.25, 0.3) is 0 Å². The number of carbonyl (C=O) groups excluding carboxylic acids is 1. The highest BCUT2D eigenvalue weighted by Gasteiger charge is 2.24. The molecule has 25 heavy (non-hydrogen) atoms. The molecule has 0 saturated heterocycles. The van der Waals surface area contributed by atoms with Gasteiger partial charge in [0.15, 0.2) is 5.82 Å². The molecule has 0 spiro atoms. The zero-order chi connectivity index (χ0) is 17.5. The van der Waals surface area contributed by atoms with Gasteiger partial charge in [-0.15, -0.1) is 5.10 Å². The second kappa shape index (κ2) is 8.74. The molecule has 0 unspecified atom stereocenters. The van der Waals surface area contributed by atoms with E-state index in [4.69, 9.17) is 0 Å². The number of hydrogen-bond acceptors (Lipinski definition) is 4. The number of hydrogen-bond donors (Lipinski definition) is 0. The summed E-state index contributed by atoms with van der Waals surface area (Å²) >= 11 is 0. The minimum absolute atomic E-state index is 0.303. The molecule has 0 N–H and O–H groups in total. The molecule has 1 amide bonds. The maximum absolute atomic E-state index is 12.5. The van der Waals surface area contributed by atoms with Crippen molar-refractivity contribution in [3.63, 3.8) is 0 Å². The van der Waals surface area contributed by atoms with Crippen LogP contribution in [0.2, 0.25) is 0 Å².